The largest absolute Gasteiger partial charge is 0.375 e. The van der Waals surface area contributed by atoms with E-state index >= 15 is 0 Å². The van der Waals surface area contributed by atoms with Crippen LogP contribution in [0.15, 0.2) is 17.5 Å². The van der Waals surface area contributed by atoms with Crippen LogP contribution in [-0.4, -0.2) is 61.3 Å². The van der Waals surface area contributed by atoms with Crippen LogP contribution in [-0.2, 0) is 4.74 Å². The summed E-state index contributed by atoms with van der Waals surface area (Å²) in [5.74, 6) is 0. The van der Waals surface area contributed by atoms with Gasteiger partial charge < -0.3 is 15.0 Å². The van der Waals surface area contributed by atoms with Crippen LogP contribution in [0.3, 0.4) is 0 Å². The van der Waals surface area contributed by atoms with Gasteiger partial charge in [-0.1, -0.05) is 13.0 Å². The molecule has 0 saturated carbocycles. The number of amides is 2. The third-order valence-corrected chi connectivity index (χ3v) is 5.73. The van der Waals surface area contributed by atoms with Crippen molar-refractivity contribution < 1.29 is 9.53 Å². The van der Waals surface area contributed by atoms with Crippen LogP contribution in [0.4, 0.5) is 4.79 Å². The lowest BCUT2D eigenvalue weighted by Crippen LogP contribution is -2.60. The summed E-state index contributed by atoms with van der Waals surface area (Å²) in [5, 5.41) is 5.25. The van der Waals surface area contributed by atoms with Gasteiger partial charge in [0.25, 0.3) is 0 Å². The maximum absolute atomic E-state index is 12.6. The molecule has 2 saturated heterocycles. The van der Waals surface area contributed by atoms with Gasteiger partial charge in [0.2, 0.25) is 0 Å². The number of nitrogens with zero attached hydrogens (tertiary/aromatic N) is 2. The second kappa shape index (κ2) is 6.98. The predicted molar refractivity (Wildman–Crippen MR) is 88.2 cm³/mol. The van der Waals surface area contributed by atoms with Crippen LogP contribution >= 0.6 is 11.3 Å². The van der Waals surface area contributed by atoms with Gasteiger partial charge in [-0.25, -0.2) is 4.79 Å². The number of hydrogen-bond acceptors (Lipinski definition) is 4. The Morgan fingerprint density at radius 3 is 3.14 bits per heavy atom. The zero-order valence-electron chi connectivity index (χ0n) is 13.3. The topological polar surface area (TPSA) is 44.8 Å². The number of nitrogens with one attached hydrogen (secondary N) is 1. The second-order valence-corrected chi connectivity index (χ2v) is 7.10. The summed E-state index contributed by atoms with van der Waals surface area (Å²) in [7, 11) is 2.13. The van der Waals surface area contributed by atoms with Gasteiger partial charge in [0.15, 0.2) is 0 Å². The van der Waals surface area contributed by atoms with E-state index in [0.717, 1.165) is 39.1 Å². The summed E-state index contributed by atoms with van der Waals surface area (Å²) in [4.78, 5) is 18.1. The summed E-state index contributed by atoms with van der Waals surface area (Å²) in [6.07, 6.45) is 2.12. The highest BCUT2D eigenvalue weighted by Crippen LogP contribution is 2.24. The highest BCUT2D eigenvalue weighted by molar-refractivity contribution is 7.10. The van der Waals surface area contributed by atoms with E-state index in [2.05, 4.69) is 35.6 Å². The molecule has 0 spiro atoms. The van der Waals surface area contributed by atoms with Crippen LogP contribution in [0.25, 0.3) is 0 Å². The molecule has 3 heterocycles. The van der Waals surface area contributed by atoms with Crippen molar-refractivity contribution in [1.29, 1.82) is 0 Å². The number of carbonyl (C=O) groups excluding carboxylic acids is 1. The van der Waals surface area contributed by atoms with Crippen molar-refractivity contribution >= 4 is 17.4 Å². The van der Waals surface area contributed by atoms with Crippen LogP contribution in [0.5, 0.6) is 0 Å². The summed E-state index contributed by atoms with van der Waals surface area (Å²) >= 11 is 1.70. The number of piperidine rings is 1. The van der Waals surface area contributed by atoms with Gasteiger partial charge in [-0.05, 0) is 31.3 Å². The Morgan fingerprint density at radius 1 is 1.55 bits per heavy atom. The molecule has 3 atom stereocenters. The van der Waals surface area contributed by atoms with Crippen molar-refractivity contribution in [3.63, 3.8) is 0 Å². The van der Waals surface area contributed by atoms with Crippen molar-refractivity contribution in [3.8, 4) is 0 Å². The van der Waals surface area contributed by atoms with Gasteiger partial charge in [-0.2, -0.15) is 0 Å². The molecule has 22 heavy (non-hydrogen) atoms. The SMILES string of the molecule is CC[C@H](NC(=O)N1CC[C@H]2OCCN(C)[C@H]2C1)c1cccs1. The van der Waals surface area contributed by atoms with E-state index in [9.17, 15) is 4.79 Å². The molecule has 2 aliphatic rings. The van der Waals surface area contributed by atoms with Gasteiger partial charge in [0, 0.05) is 24.5 Å². The van der Waals surface area contributed by atoms with Gasteiger partial charge in [0.1, 0.15) is 0 Å². The third-order valence-electron chi connectivity index (χ3n) is 4.74. The quantitative estimate of drug-likeness (QED) is 0.928. The Bertz CT molecular complexity index is 494. The van der Waals surface area contributed by atoms with Crippen molar-refractivity contribution in [2.24, 2.45) is 0 Å². The first-order valence-electron chi connectivity index (χ1n) is 8.09. The molecule has 2 fully saturated rings. The number of fused-ring (bicyclic) bond motifs is 1. The average Bonchev–Trinajstić information content (AvgIpc) is 3.06. The normalized spacial score (nSPS) is 27.3. The van der Waals surface area contributed by atoms with E-state index in [1.54, 1.807) is 11.3 Å². The van der Waals surface area contributed by atoms with Crippen molar-refractivity contribution in [3.05, 3.63) is 22.4 Å². The molecule has 0 bridgehead atoms. The van der Waals surface area contributed by atoms with Gasteiger partial charge in [0.05, 0.1) is 24.8 Å². The third kappa shape index (κ3) is 3.29. The number of urea groups is 1. The Morgan fingerprint density at radius 2 is 2.41 bits per heavy atom. The van der Waals surface area contributed by atoms with Gasteiger partial charge >= 0.3 is 6.03 Å². The summed E-state index contributed by atoms with van der Waals surface area (Å²) < 4.78 is 5.84. The first-order chi connectivity index (χ1) is 10.7. The number of likely N-dealkylation sites (tertiary alicyclic amines) is 1. The first kappa shape index (κ1) is 15.8. The molecule has 122 valence electrons. The molecule has 3 rings (SSSR count). The van der Waals surface area contributed by atoms with Crippen LogP contribution in [0, 0.1) is 0 Å². The van der Waals surface area contributed by atoms with E-state index in [4.69, 9.17) is 4.74 Å². The molecular weight excluding hydrogens is 298 g/mol. The number of ether oxygens (including phenoxy) is 1. The van der Waals surface area contributed by atoms with E-state index in [-0.39, 0.29) is 18.2 Å². The monoisotopic (exact) mass is 323 g/mol. The minimum Gasteiger partial charge on any atom is -0.375 e. The van der Waals surface area contributed by atoms with Crippen molar-refractivity contribution in [1.82, 2.24) is 15.1 Å². The summed E-state index contributed by atoms with van der Waals surface area (Å²) in [6, 6.07) is 4.63. The summed E-state index contributed by atoms with van der Waals surface area (Å²) in [6.45, 7) is 5.40. The fourth-order valence-corrected chi connectivity index (χ4v) is 4.19. The Hall–Kier alpha value is -1.11. The average molecular weight is 323 g/mol. The molecule has 0 aliphatic carbocycles. The van der Waals surface area contributed by atoms with Crippen LogP contribution < -0.4 is 5.32 Å². The molecule has 2 amide bonds. The molecule has 5 nitrogen and oxygen atoms in total. The zero-order valence-corrected chi connectivity index (χ0v) is 14.1. The maximum atomic E-state index is 12.6. The molecule has 6 heteroatoms. The van der Waals surface area contributed by atoms with E-state index in [0.29, 0.717) is 6.04 Å². The van der Waals surface area contributed by atoms with E-state index < -0.39 is 0 Å². The number of hydrogen-bond donors (Lipinski definition) is 1. The zero-order chi connectivity index (χ0) is 15.5. The number of likely N-dealkylation sites (N-methyl/N-ethyl adjacent to an activating group) is 1. The highest BCUT2D eigenvalue weighted by Gasteiger charge is 2.37. The molecule has 1 N–H and O–H groups in total. The molecule has 0 unspecified atom stereocenters. The summed E-state index contributed by atoms with van der Waals surface area (Å²) in [5.41, 5.74) is 0. The van der Waals surface area contributed by atoms with Crippen LogP contribution in [0.2, 0.25) is 0 Å². The highest BCUT2D eigenvalue weighted by atomic mass is 32.1. The molecular formula is C16H25N3O2S. The minimum atomic E-state index is 0.0534. The molecule has 2 aliphatic heterocycles. The maximum Gasteiger partial charge on any atom is 0.317 e. The second-order valence-electron chi connectivity index (χ2n) is 6.12. The smallest absolute Gasteiger partial charge is 0.317 e. The number of rotatable bonds is 3. The van der Waals surface area contributed by atoms with Crippen molar-refractivity contribution in [2.45, 2.75) is 38.0 Å². The standard InChI is InChI=1S/C16H25N3O2S/c1-3-12(15-5-4-10-22-15)17-16(20)19-7-6-14-13(11-19)18(2)8-9-21-14/h4-5,10,12-14H,3,6-9,11H2,1-2H3,(H,17,20)/t12-,13-,14+/m0/s1. The molecule has 0 radical (unpaired) electrons. The fraction of sp³-hybridized carbons (Fsp3) is 0.688. The van der Waals surface area contributed by atoms with Crippen molar-refractivity contribution in [2.75, 3.05) is 33.3 Å². The van der Waals surface area contributed by atoms with Gasteiger partial charge in [-0.15, -0.1) is 11.3 Å². The Labute approximate surface area is 136 Å². The lowest BCUT2D eigenvalue weighted by molar-refractivity contribution is -0.0882. The Kier molecular flexibility index (Phi) is 5.00. The number of carbonyl (C=O) groups is 1. The molecule has 1 aromatic rings. The fourth-order valence-electron chi connectivity index (χ4n) is 3.33. The molecule has 1 aromatic heterocycles. The lowest BCUT2D eigenvalue weighted by atomic mass is 9.99. The number of morpholine rings is 1. The lowest BCUT2D eigenvalue weighted by Gasteiger charge is -2.45. The molecule has 0 aromatic carbocycles. The Balaban J connectivity index is 1.60. The minimum absolute atomic E-state index is 0.0534. The predicted octanol–water partition coefficient (Wildman–Crippen LogP) is 2.31. The van der Waals surface area contributed by atoms with Gasteiger partial charge in [-0.3, -0.25) is 4.90 Å². The first-order valence-corrected chi connectivity index (χ1v) is 8.97. The van der Waals surface area contributed by atoms with E-state index in [1.807, 2.05) is 11.0 Å². The van der Waals surface area contributed by atoms with E-state index in [1.165, 1.54) is 4.88 Å². The number of thiophene rings is 1. The van der Waals surface area contributed by atoms with Crippen LogP contribution in [0.1, 0.15) is 30.7 Å².